The van der Waals surface area contributed by atoms with Crippen LogP contribution in [0.15, 0.2) is 30.3 Å². The fourth-order valence-electron chi connectivity index (χ4n) is 2.60. The number of ether oxygens (including phenoxy) is 1. The Bertz CT molecular complexity index is 879. The second-order valence-corrected chi connectivity index (χ2v) is 5.59. The number of amides is 1. The molecule has 2 heterocycles. The Kier molecular flexibility index (Phi) is 4.23. The number of hydrogen-bond acceptors (Lipinski definition) is 5. The van der Waals surface area contributed by atoms with Crippen molar-refractivity contribution in [2.75, 3.05) is 10.6 Å². The predicted octanol–water partition coefficient (Wildman–Crippen LogP) is 2.79. The number of aromatic nitrogens is 1. The number of rotatable bonds is 3. The number of hydrogen-bond donors (Lipinski definition) is 1. The van der Waals surface area contributed by atoms with E-state index in [9.17, 15) is 13.6 Å². The summed E-state index contributed by atoms with van der Waals surface area (Å²) >= 11 is 0. The number of nitrogens with zero attached hydrogens (tertiary/aromatic N) is 3. The molecule has 1 aromatic carbocycles. The molecule has 1 aliphatic heterocycles. The molecular weight excluding hydrogens is 330 g/mol. The van der Waals surface area contributed by atoms with Gasteiger partial charge in [-0.1, -0.05) is 18.2 Å². The van der Waals surface area contributed by atoms with Gasteiger partial charge < -0.3 is 10.5 Å². The average Bonchev–Trinajstić information content (AvgIpc) is 2.59. The van der Waals surface area contributed by atoms with Crippen LogP contribution in [-0.4, -0.2) is 17.0 Å². The standard InChI is InChI=1S/C17H14F2N4O2/c1-9-17(24)23(8-10-3-2-4-11(5-10)14(18)19)13-6-12(7-20)15(21)22-16(13)25-9/h2-6,9,14H,8H2,1H3,(H2,21,22)/t9-/m1/s1. The molecule has 0 bridgehead atoms. The van der Waals surface area contributed by atoms with Crippen LogP contribution in [0.25, 0.3) is 0 Å². The van der Waals surface area contributed by atoms with Crippen molar-refractivity contribution in [2.24, 2.45) is 0 Å². The van der Waals surface area contributed by atoms with Gasteiger partial charge in [0.15, 0.2) is 6.10 Å². The van der Waals surface area contributed by atoms with Crippen LogP contribution >= 0.6 is 0 Å². The number of carbonyl (C=O) groups is 1. The van der Waals surface area contributed by atoms with E-state index >= 15 is 0 Å². The number of carbonyl (C=O) groups excluding carboxylic acids is 1. The van der Waals surface area contributed by atoms with Crippen molar-refractivity contribution in [3.05, 3.63) is 47.0 Å². The van der Waals surface area contributed by atoms with Gasteiger partial charge in [0.25, 0.3) is 12.3 Å². The summed E-state index contributed by atoms with van der Waals surface area (Å²) in [6.07, 6.45) is -3.40. The van der Waals surface area contributed by atoms with Crippen LogP contribution in [0.3, 0.4) is 0 Å². The maximum Gasteiger partial charge on any atom is 0.268 e. The predicted molar refractivity (Wildman–Crippen MR) is 86.0 cm³/mol. The largest absolute Gasteiger partial charge is 0.463 e. The van der Waals surface area contributed by atoms with Crippen LogP contribution in [0.1, 0.15) is 30.0 Å². The molecule has 0 fully saturated rings. The highest BCUT2D eigenvalue weighted by atomic mass is 19.3. The van der Waals surface area contributed by atoms with Crippen LogP contribution in [-0.2, 0) is 11.3 Å². The Labute approximate surface area is 142 Å². The molecule has 0 spiro atoms. The second-order valence-electron chi connectivity index (χ2n) is 5.59. The molecule has 3 rings (SSSR count). The van der Waals surface area contributed by atoms with E-state index in [0.29, 0.717) is 5.56 Å². The number of nitrogen functional groups attached to an aromatic ring is 1. The zero-order valence-corrected chi connectivity index (χ0v) is 13.2. The second kappa shape index (κ2) is 6.36. The minimum atomic E-state index is -2.60. The van der Waals surface area contributed by atoms with Crippen LogP contribution in [0.4, 0.5) is 20.3 Å². The first kappa shape index (κ1) is 16.6. The van der Waals surface area contributed by atoms with Crippen molar-refractivity contribution in [3.63, 3.8) is 0 Å². The van der Waals surface area contributed by atoms with Gasteiger partial charge in [-0.05, 0) is 24.6 Å². The quantitative estimate of drug-likeness (QED) is 0.924. The SMILES string of the molecule is C[C@H]1Oc2nc(N)c(C#N)cc2N(Cc2cccc(C(F)F)c2)C1=O. The molecule has 128 valence electrons. The lowest BCUT2D eigenvalue weighted by Gasteiger charge is -2.32. The number of pyridine rings is 1. The lowest BCUT2D eigenvalue weighted by atomic mass is 10.1. The van der Waals surface area contributed by atoms with E-state index < -0.39 is 12.5 Å². The summed E-state index contributed by atoms with van der Waals surface area (Å²) in [6, 6.07) is 9.13. The number of anilines is 2. The van der Waals surface area contributed by atoms with Gasteiger partial charge in [0, 0.05) is 5.56 Å². The summed E-state index contributed by atoms with van der Waals surface area (Å²) in [6.45, 7) is 1.61. The Balaban J connectivity index is 2.03. The van der Waals surface area contributed by atoms with Crippen LogP contribution < -0.4 is 15.4 Å². The third-order valence-corrected chi connectivity index (χ3v) is 3.86. The minimum Gasteiger partial charge on any atom is -0.463 e. The molecular formula is C17H14F2N4O2. The summed E-state index contributed by atoms with van der Waals surface area (Å²) in [5.74, 6) is -0.221. The van der Waals surface area contributed by atoms with Gasteiger partial charge in [0.1, 0.15) is 17.6 Å². The summed E-state index contributed by atoms with van der Waals surface area (Å²) in [5.41, 5.74) is 6.49. The molecule has 0 unspecified atom stereocenters. The molecule has 0 aliphatic carbocycles. The highest BCUT2D eigenvalue weighted by Crippen LogP contribution is 2.36. The van der Waals surface area contributed by atoms with E-state index in [1.165, 1.54) is 29.2 Å². The first-order valence-corrected chi connectivity index (χ1v) is 7.46. The maximum absolute atomic E-state index is 12.9. The minimum absolute atomic E-state index is 0.00227. The van der Waals surface area contributed by atoms with Gasteiger partial charge in [-0.15, -0.1) is 0 Å². The highest BCUT2D eigenvalue weighted by molar-refractivity contribution is 5.99. The molecule has 8 heteroatoms. The fourth-order valence-corrected chi connectivity index (χ4v) is 2.60. The molecule has 6 nitrogen and oxygen atoms in total. The monoisotopic (exact) mass is 344 g/mol. The number of halogens is 2. The maximum atomic E-state index is 12.9. The van der Waals surface area contributed by atoms with Crippen LogP contribution in [0.5, 0.6) is 5.88 Å². The number of fused-ring (bicyclic) bond motifs is 1. The van der Waals surface area contributed by atoms with Crippen molar-refractivity contribution >= 4 is 17.4 Å². The van der Waals surface area contributed by atoms with E-state index in [0.717, 1.165) is 0 Å². The molecule has 0 radical (unpaired) electrons. The molecule has 2 aromatic rings. The number of nitrogens with two attached hydrogens (primary N) is 1. The summed E-state index contributed by atoms with van der Waals surface area (Å²) < 4.78 is 31.2. The van der Waals surface area contributed by atoms with Crippen molar-refractivity contribution in [2.45, 2.75) is 26.0 Å². The third kappa shape index (κ3) is 3.08. The van der Waals surface area contributed by atoms with E-state index in [2.05, 4.69) is 4.98 Å². The van der Waals surface area contributed by atoms with E-state index in [4.69, 9.17) is 15.7 Å². The third-order valence-electron chi connectivity index (χ3n) is 3.86. The van der Waals surface area contributed by atoms with Gasteiger partial charge in [0.2, 0.25) is 5.88 Å². The number of alkyl halides is 2. The number of benzene rings is 1. The first-order valence-electron chi connectivity index (χ1n) is 7.46. The van der Waals surface area contributed by atoms with Crippen molar-refractivity contribution in [1.82, 2.24) is 4.98 Å². The molecule has 0 saturated carbocycles. The van der Waals surface area contributed by atoms with Gasteiger partial charge in [-0.3, -0.25) is 9.69 Å². The van der Waals surface area contributed by atoms with Crippen LogP contribution in [0.2, 0.25) is 0 Å². The topological polar surface area (TPSA) is 92.2 Å². The molecule has 1 aliphatic rings. The summed E-state index contributed by atoms with van der Waals surface area (Å²) in [5, 5.41) is 9.11. The van der Waals surface area contributed by atoms with Crippen molar-refractivity contribution in [1.29, 1.82) is 5.26 Å². The normalized spacial score (nSPS) is 16.4. The van der Waals surface area contributed by atoms with E-state index in [1.54, 1.807) is 13.0 Å². The van der Waals surface area contributed by atoms with Crippen molar-refractivity contribution < 1.29 is 18.3 Å². The Morgan fingerprint density at radius 2 is 2.20 bits per heavy atom. The zero-order valence-electron chi connectivity index (χ0n) is 13.2. The zero-order chi connectivity index (χ0) is 18.1. The van der Waals surface area contributed by atoms with Gasteiger partial charge in [-0.2, -0.15) is 10.2 Å². The fraction of sp³-hybridized carbons (Fsp3) is 0.235. The number of nitriles is 1. The smallest absolute Gasteiger partial charge is 0.268 e. The molecule has 25 heavy (non-hydrogen) atoms. The molecule has 1 atom stereocenters. The van der Waals surface area contributed by atoms with E-state index in [1.807, 2.05) is 6.07 Å². The summed E-state index contributed by atoms with van der Waals surface area (Å²) in [7, 11) is 0. The van der Waals surface area contributed by atoms with Gasteiger partial charge >= 0.3 is 0 Å². The van der Waals surface area contributed by atoms with Crippen molar-refractivity contribution in [3.8, 4) is 11.9 Å². The van der Waals surface area contributed by atoms with E-state index in [-0.39, 0.29) is 41.0 Å². The Morgan fingerprint density at radius 3 is 2.88 bits per heavy atom. The van der Waals surface area contributed by atoms with Crippen LogP contribution in [0, 0.1) is 11.3 Å². The van der Waals surface area contributed by atoms with Gasteiger partial charge in [-0.25, -0.2) is 8.78 Å². The van der Waals surface area contributed by atoms with Gasteiger partial charge in [0.05, 0.1) is 12.1 Å². The molecule has 1 aromatic heterocycles. The lowest BCUT2D eigenvalue weighted by Crippen LogP contribution is -2.44. The highest BCUT2D eigenvalue weighted by Gasteiger charge is 2.33. The lowest BCUT2D eigenvalue weighted by molar-refractivity contribution is -0.125. The molecule has 0 saturated heterocycles. The Morgan fingerprint density at radius 1 is 1.44 bits per heavy atom. The molecule has 1 amide bonds. The Hall–Kier alpha value is -3.21. The summed E-state index contributed by atoms with van der Waals surface area (Å²) in [4.78, 5) is 17.9. The average molecular weight is 344 g/mol. The molecule has 2 N–H and O–H groups in total. The first-order chi connectivity index (χ1) is 11.9.